The van der Waals surface area contributed by atoms with E-state index in [0.717, 1.165) is 26.4 Å². The van der Waals surface area contributed by atoms with Gasteiger partial charge in [0.2, 0.25) is 6.41 Å². The average molecular weight is 414 g/mol. The van der Waals surface area contributed by atoms with E-state index in [2.05, 4.69) is 5.73 Å². The molecule has 0 heterocycles. The van der Waals surface area contributed by atoms with Crippen molar-refractivity contribution in [3.05, 3.63) is 22.5 Å². The second-order valence-corrected chi connectivity index (χ2v) is 5.85. The van der Waals surface area contributed by atoms with Crippen molar-refractivity contribution in [1.82, 2.24) is 0 Å². The minimum Gasteiger partial charge on any atom is -0.857 e. The van der Waals surface area contributed by atoms with Crippen LogP contribution in [0.1, 0.15) is 36.5 Å². The minimum atomic E-state index is -0.444. The Morgan fingerprint density at radius 3 is 2.19 bits per heavy atom. The number of nitrogens with two attached hydrogens (primary N) is 1. The Balaban J connectivity index is 0. The number of hydrogen-bond donors (Lipinski definition) is 1. The maximum Gasteiger partial charge on any atom is 1.00 e. The van der Waals surface area contributed by atoms with Crippen LogP contribution in [0, 0.1) is 5.82 Å². The molecule has 0 radical (unpaired) electrons. The molecule has 0 saturated heterocycles. The second-order valence-electron chi connectivity index (χ2n) is 5.48. The van der Waals surface area contributed by atoms with Gasteiger partial charge in [-0.2, -0.15) is 7.11 Å². The van der Waals surface area contributed by atoms with Crippen molar-refractivity contribution in [1.29, 1.82) is 0 Å². The molecule has 1 aromatic carbocycles. The van der Waals surface area contributed by atoms with Crippen LogP contribution >= 0.6 is 11.6 Å². The topological polar surface area (TPSA) is 89.7 Å². The fraction of sp³-hybridized carbons (Fsp3) is 0.529. The second kappa shape index (κ2) is 14.8. The van der Waals surface area contributed by atoms with E-state index in [1.54, 1.807) is 4.90 Å². The molecule has 1 saturated carbocycles. The van der Waals surface area contributed by atoms with Gasteiger partial charge in [-0.25, -0.2) is 4.39 Å². The number of amides is 1. The molecular formula is C17H26ClFKN3O3. The molecule has 1 aliphatic carbocycles. The fourth-order valence-corrected chi connectivity index (χ4v) is 2.98. The number of aldehydes is 1. The van der Waals surface area contributed by atoms with E-state index in [1.807, 2.05) is 25.9 Å². The summed E-state index contributed by atoms with van der Waals surface area (Å²) in [6.07, 6.45) is 3.99. The molecule has 0 unspecified atom stereocenters. The molecule has 0 aromatic heterocycles. The number of anilines is 2. The number of carbonyl (C=O) groups excluding carboxylic acids is 2. The molecule has 9 heteroatoms. The van der Waals surface area contributed by atoms with Gasteiger partial charge < -0.3 is 20.6 Å². The summed E-state index contributed by atoms with van der Waals surface area (Å²) in [6, 6.07) is 1.69. The fourth-order valence-electron chi connectivity index (χ4n) is 2.51. The maximum absolute atomic E-state index is 14.2. The first kappa shape index (κ1) is 28.0. The standard InChI is InChI=1S/C15H20ClFN2O.CH3NO.CH3O.K/c1-4-7-18(2)15-12(17)8-10(9-20)14(13(15)16)19(3)11-5-6-11;2-1-3;1-2;/h8-9,11H,4-7H2,1-3H3;1H,(H2,2,3);1H3;/q;;-1;+1. The van der Waals surface area contributed by atoms with Crippen LogP contribution < -0.4 is 72.0 Å². The van der Waals surface area contributed by atoms with Crippen LogP contribution in [0.4, 0.5) is 15.8 Å². The summed E-state index contributed by atoms with van der Waals surface area (Å²) >= 11 is 6.41. The average Bonchev–Trinajstić information content (AvgIpc) is 3.41. The van der Waals surface area contributed by atoms with Crippen LogP contribution in [0.3, 0.4) is 0 Å². The van der Waals surface area contributed by atoms with Crippen molar-refractivity contribution in [3.63, 3.8) is 0 Å². The zero-order valence-corrected chi connectivity index (χ0v) is 20.0. The molecule has 26 heavy (non-hydrogen) atoms. The van der Waals surface area contributed by atoms with Crippen LogP contribution in [0.15, 0.2) is 6.07 Å². The number of hydrogen-bond acceptors (Lipinski definition) is 5. The number of rotatable bonds is 6. The summed E-state index contributed by atoms with van der Waals surface area (Å²) < 4.78 is 14.2. The summed E-state index contributed by atoms with van der Waals surface area (Å²) in [6.45, 7) is 2.74. The maximum atomic E-state index is 14.2. The first-order valence-corrected chi connectivity index (χ1v) is 8.27. The summed E-state index contributed by atoms with van der Waals surface area (Å²) in [5, 5.41) is 8.58. The van der Waals surface area contributed by atoms with Gasteiger partial charge in [0.05, 0.1) is 16.4 Å². The van der Waals surface area contributed by atoms with Crippen LogP contribution in [0.5, 0.6) is 0 Å². The smallest absolute Gasteiger partial charge is 0.857 e. The van der Waals surface area contributed by atoms with Gasteiger partial charge in [0.25, 0.3) is 0 Å². The Labute approximate surface area is 202 Å². The molecule has 0 aliphatic heterocycles. The van der Waals surface area contributed by atoms with Gasteiger partial charge in [0.15, 0.2) is 6.29 Å². The van der Waals surface area contributed by atoms with E-state index in [9.17, 15) is 9.18 Å². The van der Waals surface area contributed by atoms with E-state index in [1.165, 1.54) is 6.07 Å². The number of halogens is 2. The summed E-state index contributed by atoms with van der Waals surface area (Å²) in [4.78, 5) is 23.6. The van der Waals surface area contributed by atoms with Gasteiger partial charge in [0, 0.05) is 32.2 Å². The van der Waals surface area contributed by atoms with Crippen molar-refractivity contribution < 1.29 is 70.5 Å². The molecule has 1 aromatic rings. The van der Waals surface area contributed by atoms with E-state index < -0.39 is 5.82 Å². The third-order valence-corrected chi connectivity index (χ3v) is 4.07. The van der Waals surface area contributed by atoms with E-state index in [0.29, 0.717) is 40.8 Å². The quantitative estimate of drug-likeness (QED) is 0.468. The Kier molecular flexibility index (Phi) is 15.9. The van der Waals surface area contributed by atoms with Gasteiger partial charge in [-0.1, -0.05) is 18.5 Å². The van der Waals surface area contributed by atoms with Crippen LogP contribution in [0.2, 0.25) is 5.02 Å². The molecule has 1 amide bonds. The Morgan fingerprint density at radius 2 is 1.81 bits per heavy atom. The molecule has 1 aliphatic rings. The van der Waals surface area contributed by atoms with Crippen LogP contribution in [0.25, 0.3) is 0 Å². The summed E-state index contributed by atoms with van der Waals surface area (Å²) in [5.74, 6) is -0.444. The van der Waals surface area contributed by atoms with E-state index in [-0.39, 0.29) is 57.8 Å². The molecule has 0 bridgehead atoms. The van der Waals surface area contributed by atoms with Crippen molar-refractivity contribution >= 4 is 35.7 Å². The van der Waals surface area contributed by atoms with Gasteiger partial charge >= 0.3 is 51.4 Å². The van der Waals surface area contributed by atoms with Gasteiger partial charge in [0.1, 0.15) is 5.82 Å². The zero-order valence-electron chi connectivity index (χ0n) is 16.1. The van der Waals surface area contributed by atoms with Gasteiger partial charge in [-0.05, 0) is 25.3 Å². The third kappa shape index (κ3) is 7.80. The molecule has 0 spiro atoms. The molecule has 2 N–H and O–H groups in total. The minimum absolute atomic E-state index is 0. The first-order chi connectivity index (χ1) is 11.9. The van der Waals surface area contributed by atoms with Crippen molar-refractivity contribution in [2.45, 2.75) is 32.2 Å². The number of benzene rings is 1. The summed E-state index contributed by atoms with van der Waals surface area (Å²) in [5.41, 5.74) is 5.50. The third-order valence-electron chi connectivity index (χ3n) is 3.71. The predicted molar refractivity (Wildman–Crippen MR) is 98.0 cm³/mol. The molecule has 142 valence electrons. The molecule has 1 fully saturated rings. The Hall–Kier alpha value is -0.224. The largest absolute Gasteiger partial charge is 1.00 e. The number of primary amides is 1. The van der Waals surface area contributed by atoms with Crippen LogP contribution in [-0.2, 0) is 4.79 Å². The van der Waals surface area contributed by atoms with Crippen molar-refractivity contribution in [3.8, 4) is 0 Å². The van der Waals surface area contributed by atoms with Gasteiger partial charge in [-0.15, -0.1) is 0 Å². The zero-order chi connectivity index (χ0) is 19.6. The summed E-state index contributed by atoms with van der Waals surface area (Å²) in [7, 11) is 4.47. The van der Waals surface area contributed by atoms with Crippen LogP contribution in [-0.4, -0.2) is 46.5 Å². The molecular weight excluding hydrogens is 388 g/mol. The monoisotopic (exact) mass is 413 g/mol. The number of carbonyl (C=O) groups is 2. The normalized spacial score (nSPS) is 11.7. The SMILES string of the molecule is CCCN(C)c1c(F)cc(C=O)c(N(C)C2CC2)c1Cl.C[O-].NC=O.[K+]. The molecule has 6 nitrogen and oxygen atoms in total. The predicted octanol–water partition coefficient (Wildman–Crippen LogP) is -1.18. The molecule has 2 rings (SSSR count). The van der Waals surface area contributed by atoms with E-state index >= 15 is 0 Å². The van der Waals surface area contributed by atoms with E-state index in [4.69, 9.17) is 21.5 Å². The van der Waals surface area contributed by atoms with Crippen molar-refractivity contribution in [2.75, 3.05) is 37.5 Å². The Morgan fingerprint density at radius 1 is 1.31 bits per heavy atom. The molecule has 0 atom stereocenters. The van der Waals surface area contributed by atoms with Crippen molar-refractivity contribution in [2.24, 2.45) is 5.73 Å². The Bertz CT molecular complexity index is 575. The number of nitrogens with zero attached hydrogens (tertiary/aromatic N) is 2. The first-order valence-electron chi connectivity index (χ1n) is 7.90. The van der Waals surface area contributed by atoms with Gasteiger partial charge in [-0.3, -0.25) is 9.59 Å².